The molecule has 0 fully saturated rings. The van der Waals surface area contributed by atoms with Gasteiger partial charge in [-0.15, -0.1) is 0 Å². The van der Waals surface area contributed by atoms with Gasteiger partial charge in [0.2, 0.25) is 0 Å². The first-order valence-electron chi connectivity index (χ1n) is 9.32. The number of nitrogens with one attached hydrogen (secondary N) is 3. The van der Waals surface area contributed by atoms with Crippen LogP contribution in [0.15, 0.2) is 34.8 Å². The van der Waals surface area contributed by atoms with Crippen LogP contribution < -0.4 is 25.6 Å². The van der Waals surface area contributed by atoms with Crippen molar-refractivity contribution in [3.63, 3.8) is 0 Å². The molecule has 0 radical (unpaired) electrons. The number of carbonyl (C=O) groups is 2. The fourth-order valence-corrected chi connectivity index (χ4v) is 3.22. The van der Waals surface area contributed by atoms with Crippen molar-refractivity contribution in [2.45, 2.75) is 33.8 Å². The molecule has 0 saturated carbocycles. The van der Waals surface area contributed by atoms with Crippen LogP contribution in [-0.4, -0.2) is 29.6 Å². The molecule has 0 heterocycles. The van der Waals surface area contributed by atoms with E-state index in [-0.39, 0.29) is 17.8 Å². The van der Waals surface area contributed by atoms with E-state index in [9.17, 15) is 9.59 Å². The molecule has 10 heteroatoms. The fourth-order valence-electron chi connectivity index (χ4n) is 2.50. The predicted molar refractivity (Wildman–Crippen MR) is 128 cm³/mol. The Hall–Kier alpha value is -2.36. The Morgan fingerprint density at radius 1 is 1.13 bits per heavy atom. The summed E-state index contributed by atoms with van der Waals surface area (Å²) in [5.41, 5.74) is 6.92. The maximum Gasteiger partial charge on any atom is 0.276 e. The van der Waals surface area contributed by atoms with Crippen molar-refractivity contribution in [3.05, 3.63) is 56.5 Å². The smallest absolute Gasteiger partial charge is 0.276 e. The molecule has 0 aliphatic rings. The molecule has 7 nitrogen and oxygen atoms in total. The Balaban J connectivity index is 1.81. The molecule has 0 bridgehead atoms. The zero-order valence-corrected chi connectivity index (χ0v) is 20.6. The Morgan fingerprint density at radius 3 is 2.35 bits per heavy atom. The monoisotopic (exact) mass is 527 g/mol. The number of benzene rings is 2. The Morgan fingerprint density at radius 2 is 1.77 bits per heavy atom. The van der Waals surface area contributed by atoms with Crippen LogP contribution in [0, 0.1) is 13.8 Å². The van der Waals surface area contributed by atoms with Gasteiger partial charge in [-0.1, -0.05) is 11.6 Å². The van der Waals surface area contributed by atoms with Crippen molar-refractivity contribution < 1.29 is 19.1 Å². The normalized spacial score (nSPS) is 10.4. The molecule has 0 spiro atoms. The predicted octanol–water partition coefficient (Wildman–Crippen LogP) is 4.22. The number of hydrazine groups is 1. The lowest BCUT2D eigenvalue weighted by Crippen LogP contribution is -2.49. The molecular weight excluding hydrogens is 506 g/mol. The quantitative estimate of drug-likeness (QED) is 0.384. The summed E-state index contributed by atoms with van der Waals surface area (Å²) in [6.07, 6.45) is 0.00749. The van der Waals surface area contributed by atoms with Gasteiger partial charge in [-0.05, 0) is 97.3 Å². The third-order valence-corrected chi connectivity index (χ3v) is 5.30. The number of ether oxygens (including phenoxy) is 2. The molecule has 0 atom stereocenters. The highest BCUT2D eigenvalue weighted by Crippen LogP contribution is 2.27. The lowest BCUT2D eigenvalue weighted by Gasteiger charge is -2.14. The minimum Gasteiger partial charge on any atom is -0.490 e. The molecule has 0 saturated heterocycles. The maximum atomic E-state index is 12.3. The first-order valence-corrected chi connectivity index (χ1v) is 10.9. The Bertz CT molecular complexity index is 978. The number of carbonyl (C=O) groups excluding carboxylic acids is 2. The van der Waals surface area contributed by atoms with Gasteiger partial charge in [0.05, 0.1) is 10.6 Å². The number of rotatable bonds is 6. The van der Waals surface area contributed by atoms with Gasteiger partial charge in [-0.3, -0.25) is 25.8 Å². The zero-order valence-electron chi connectivity index (χ0n) is 17.5. The second-order valence-electron chi connectivity index (χ2n) is 6.93. The van der Waals surface area contributed by atoms with Crippen LogP contribution in [0.3, 0.4) is 0 Å². The number of thiocarbonyl (C=S) groups is 1. The lowest BCUT2D eigenvalue weighted by molar-refractivity contribution is -0.123. The molecular formula is C21H23BrClN3O4S. The Labute approximate surface area is 199 Å². The SMILES string of the molecule is Cc1cc(OCC(=O)NNC(=S)NC(=O)c2ccc(OC(C)C)c(Br)c2)cc(C)c1Cl. The van der Waals surface area contributed by atoms with E-state index in [1.54, 1.807) is 30.3 Å². The highest BCUT2D eigenvalue weighted by Gasteiger charge is 2.12. The average Bonchev–Trinajstić information content (AvgIpc) is 2.69. The number of hydrogen-bond donors (Lipinski definition) is 3. The van der Waals surface area contributed by atoms with Crippen molar-refractivity contribution >= 4 is 56.7 Å². The summed E-state index contributed by atoms with van der Waals surface area (Å²) in [4.78, 5) is 24.3. The topological polar surface area (TPSA) is 88.7 Å². The van der Waals surface area contributed by atoms with E-state index in [1.807, 2.05) is 27.7 Å². The molecule has 31 heavy (non-hydrogen) atoms. The zero-order chi connectivity index (χ0) is 23.1. The first-order chi connectivity index (χ1) is 14.6. The minimum atomic E-state index is -0.472. The number of aryl methyl sites for hydroxylation is 2. The minimum absolute atomic E-state index is 0.00749. The number of halogens is 2. The summed E-state index contributed by atoms with van der Waals surface area (Å²) in [7, 11) is 0. The van der Waals surface area contributed by atoms with E-state index in [0.29, 0.717) is 26.6 Å². The van der Waals surface area contributed by atoms with Gasteiger partial charge in [0.15, 0.2) is 11.7 Å². The van der Waals surface area contributed by atoms with Crippen LogP contribution in [0.1, 0.15) is 35.3 Å². The maximum absolute atomic E-state index is 12.3. The van der Waals surface area contributed by atoms with Gasteiger partial charge in [-0.2, -0.15) is 0 Å². The largest absolute Gasteiger partial charge is 0.490 e. The van der Waals surface area contributed by atoms with Crippen LogP contribution >= 0.6 is 39.7 Å². The molecule has 0 unspecified atom stereocenters. The van der Waals surface area contributed by atoms with E-state index in [2.05, 4.69) is 32.1 Å². The van der Waals surface area contributed by atoms with Crippen LogP contribution in [0.4, 0.5) is 0 Å². The second-order valence-corrected chi connectivity index (χ2v) is 8.57. The summed E-state index contributed by atoms with van der Waals surface area (Å²) >= 11 is 14.5. The van der Waals surface area contributed by atoms with Crippen molar-refractivity contribution in [1.29, 1.82) is 0 Å². The summed E-state index contributed by atoms with van der Waals surface area (Å²) in [5.74, 6) is 0.248. The second kappa shape index (κ2) is 11.3. The highest BCUT2D eigenvalue weighted by atomic mass is 79.9. The standard InChI is InChI=1S/C21H23BrClN3O4S/c1-11(2)30-17-6-5-14(9-16(17)22)20(28)24-21(31)26-25-18(27)10-29-15-7-12(3)19(23)13(4)8-15/h5-9,11H,10H2,1-4H3,(H,25,27)(H2,24,26,28,31). The van der Waals surface area contributed by atoms with E-state index in [0.717, 1.165) is 11.1 Å². The van der Waals surface area contributed by atoms with Crippen molar-refractivity contribution in [2.24, 2.45) is 0 Å². The van der Waals surface area contributed by atoms with E-state index in [1.165, 1.54) is 0 Å². The molecule has 2 aromatic carbocycles. The average molecular weight is 529 g/mol. The third kappa shape index (κ3) is 7.68. The van der Waals surface area contributed by atoms with Gasteiger partial charge < -0.3 is 9.47 Å². The number of hydrogen-bond acceptors (Lipinski definition) is 5. The van der Waals surface area contributed by atoms with Crippen LogP contribution in [0.25, 0.3) is 0 Å². The van der Waals surface area contributed by atoms with Crippen LogP contribution in [0.5, 0.6) is 11.5 Å². The van der Waals surface area contributed by atoms with Gasteiger partial charge in [0.25, 0.3) is 11.8 Å². The first kappa shape index (κ1) is 24.9. The van der Waals surface area contributed by atoms with Crippen molar-refractivity contribution in [2.75, 3.05) is 6.61 Å². The van der Waals surface area contributed by atoms with Crippen LogP contribution in [0.2, 0.25) is 5.02 Å². The van der Waals surface area contributed by atoms with Gasteiger partial charge >= 0.3 is 0 Å². The molecule has 2 rings (SSSR count). The van der Waals surface area contributed by atoms with Crippen LogP contribution in [-0.2, 0) is 4.79 Å². The van der Waals surface area contributed by atoms with Crippen molar-refractivity contribution in [3.8, 4) is 11.5 Å². The number of amides is 2. The van der Waals surface area contributed by atoms with E-state index >= 15 is 0 Å². The third-order valence-electron chi connectivity index (χ3n) is 3.88. The van der Waals surface area contributed by atoms with E-state index < -0.39 is 11.8 Å². The summed E-state index contributed by atoms with van der Waals surface area (Å²) in [5, 5.41) is 3.08. The van der Waals surface area contributed by atoms with E-state index in [4.69, 9.17) is 33.3 Å². The summed E-state index contributed by atoms with van der Waals surface area (Å²) in [6, 6.07) is 8.42. The molecule has 2 aromatic rings. The van der Waals surface area contributed by atoms with Gasteiger partial charge in [0, 0.05) is 10.6 Å². The molecule has 0 aromatic heterocycles. The molecule has 0 aliphatic heterocycles. The molecule has 3 N–H and O–H groups in total. The molecule has 0 aliphatic carbocycles. The molecule has 2 amide bonds. The summed E-state index contributed by atoms with van der Waals surface area (Å²) < 4.78 is 11.7. The summed E-state index contributed by atoms with van der Waals surface area (Å²) in [6.45, 7) is 7.29. The Kier molecular flexibility index (Phi) is 9.09. The molecule has 166 valence electrons. The van der Waals surface area contributed by atoms with Gasteiger partial charge in [0.1, 0.15) is 11.5 Å². The highest BCUT2D eigenvalue weighted by molar-refractivity contribution is 9.10. The lowest BCUT2D eigenvalue weighted by atomic mass is 10.1. The fraction of sp³-hybridized carbons (Fsp3) is 0.286. The van der Waals surface area contributed by atoms with Crippen molar-refractivity contribution in [1.82, 2.24) is 16.2 Å². The van der Waals surface area contributed by atoms with Gasteiger partial charge in [-0.25, -0.2) is 0 Å².